The van der Waals surface area contributed by atoms with Crippen molar-refractivity contribution in [1.82, 2.24) is 23.5 Å². The summed E-state index contributed by atoms with van der Waals surface area (Å²) in [5.41, 5.74) is 9.09. The van der Waals surface area contributed by atoms with E-state index in [2.05, 4.69) is 140 Å². The van der Waals surface area contributed by atoms with Crippen LogP contribution in [0.15, 0.2) is 140 Å². The quantitative estimate of drug-likeness (QED) is 0.202. The van der Waals surface area contributed by atoms with E-state index in [0.29, 0.717) is 0 Å². The van der Waals surface area contributed by atoms with Crippen molar-refractivity contribution < 1.29 is 0 Å². The Morgan fingerprint density at radius 3 is 1.91 bits per heavy atom. The maximum Gasteiger partial charge on any atom is 0.145 e. The number of imidazole rings is 1. The van der Waals surface area contributed by atoms with Gasteiger partial charge in [0, 0.05) is 73.9 Å². The lowest BCUT2D eigenvalue weighted by molar-refractivity contribution is 1.18. The first-order valence-electron chi connectivity index (χ1n) is 14.5. The van der Waals surface area contributed by atoms with E-state index in [9.17, 15) is 0 Å². The molecule has 0 saturated carbocycles. The van der Waals surface area contributed by atoms with Crippen molar-refractivity contribution in [3.63, 3.8) is 0 Å². The zero-order valence-corrected chi connectivity index (χ0v) is 23.0. The number of hydrogen-bond acceptors (Lipinski definition) is 2. The molecule has 43 heavy (non-hydrogen) atoms. The minimum absolute atomic E-state index is 0.943. The van der Waals surface area contributed by atoms with Gasteiger partial charge in [-0.05, 0) is 54.6 Å². The molecule has 0 bridgehead atoms. The Balaban J connectivity index is 1.54. The SMILES string of the molecule is c1ccc(-n2c3ccccc3c3ccc4c(c5ccc6c(c7cnccc7c7nccn67)c5n4-c4ccccc4)c32)cc1. The Labute approximate surface area is 245 Å². The molecule has 5 heterocycles. The Kier molecular flexibility index (Phi) is 4.39. The molecule has 0 saturated heterocycles. The molecule has 10 aromatic rings. The number of aromatic nitrogens is 5. The van der Waals surface area contributed by atoms with Gasteiger partial charge in [-0.2, -0.15) is 0 Å². The predicted molar refractivity (Wildman–Crippen MR) is 177 cm³/mol. The molecule has 0 radical (unpaired) electrons. The summed E-state index contributed by atoms with van der Waals surface area (Å²) in [6, 6.07) is 41.4. The highest BCUT2D eigenvalue weighted by atomic mass is 15.0. The van der Waals surface area contributed by atoms with Crippen LogP contribution in [-0.2, 0) is 0 Å². The molecular weight excluding hydrogens is 526 g/mol. The van der Waals surface area contributed by atoms with Crippen LogP contribution >= 0.6 is 0 Å². The smallest absolute Gasteiger partial charge is 0.145 e. The summed E-state index contributed by atoms with van der Waals surface area (Å²) in [5, 5.41) is 8.30. The van der Waals surface area contributed by atoms with E-state index in [1.54, 1.807) is 0 Å². The summed E-state index contributed by atoms with van der Waals surface area (Å²) in [5.74, 6) is 0. The fourth-order valence-electron chi connectivity index (χ4n) is 7.28. The monoisotopic (exact) mass is 549 g/mol. The van der Waals surface area contributed by atoms with Crippen molar-refractivity contribution in [2.45, 2.75) is 0 Å². The van der Waals surface area contributed by atoms with Crippen LogP contribution in [0.4, 0.5) is 0 Å². The minimum atomic E-state index is 0.943. The molecule has 0 spiro atoms. The maximum atomic E-state index is 4.74. The van der Waals surface area contributed by atoms with E-state index < -0.39 is 0 Å². The van der Waals surface area contributed by atoms with E-state index in [1.807, 2.05) is 18.6 Å². The number of pyridine rings is 2. The van der Waals surface area contributed by atoms with Crippen LogP contribution in [0.3, 0.4) is 0 Å². The average Bonchev–Trinajstić information content (AvgIpc) is 3.78. The van der Waals surface area contributed by atoms with Crippen LogP contribution < -0.4 is 0 Å². The molecule has 0 aliphatic rings. The number of benzene rings is 5. The topological polar surface area (TPSA) is 40.1 Å². The van der Waals surface area contributed by atoms with Gasteiger partial charge >= 0.3 is 0 Å². The lowest BCUT2D eigenvalue weighted by Gasteiger charge is -2.13. The highest BCUT2D eigenvalue weighted by Crippen LogP contribution is 2.45. The average molecular weight is 550 g/mol. The van der Waals surface area contributed by atoms with Crippen molar-refractivity contribution in [1.29, 1.82) is 0 Å². The second-order valence-corrected chi connectivity index (χ2v) is 11.1. The molecule has 0 N–H and O–H groups in total. The van der Waals surface area contributed by atoms with Crippen LogP contribution in [0.2, 0.25) is 0 Å². The van der Waals surface area contributed by atoms with Gasteiger partial charge in [-0.1, -0.05) is 60.7 Å². The van der Waals surface area contributed by atoms with Crippen LogP contribution in [0.1, 0.15) is 0 Å². The molecule has 5 heteroatoms. The number of nitrogens with zero attached hydrogens (tertiary/aromatic N) is 5. The molecule has 5 aromatic carbocycles. The zero-order valence-electron chi connectivity index (χ0n) is 23.0. The zero-order chi connectivity index (χ0) is 28.1. The summed E-state index contributed by atoms with van der Waals surface area (Å²) in [6.45, 7) is 0. The summed E-state index contributed by atoms with van der Waals surface area (Å²) in [4.78, 5) is 9.34. The molecule has 10 rings (SSSR count). The summed E-state index contributed by atoms with van der Waals surface area (Å²) < 4.78 is 7.08. The molecular formula is C38H23N5. The van der Waals surface area contributed by atoms with E-state index in [4.69, 9.17) is 4.98 Å². The molecule has 0 unspecified atom stereocenters. The highest BCUT2D eigenvalue weighted by Gasteiger charge is 2.23. The Morgan fingerprint density at radius 2 is 1.09 bits per heavy atom. The first-order chi connectivity index (χ1) is 21.4. The van der Waals surface area contributed by atoms with Crippen LogP contribution in [-0.4, -0.2) is 23.5 Å². The van der Waals surface area contributed by atoms with Crippen molar-refractivity contribution in [3.8, 4) is 11.4 Å². The second kappa shape index (κ2) is 8.30. The van der Waals surface area contributed by atoms with Gasteiger partial charge in [0.25, 0.3) is 0 Å². The number of hydrogen-bond donors (Lipinski definition) is 0. The lowest BCUT2D eigenvalue weighted by atomic mass is 10.0. The Hall–Kier alpha value is -5.94. The summed E-state index contributed by atoms with van der Waals surface area (Å²) >= 11 is 0. The Morgan fingerprint density at radius 1 is 0.442 bits per heavy atom. The van der Waals surface area contributed by atoms with Crippen LogP contribution in [0, 0.1) is 0 Å². The van der Waals surface area contributed by atoms with Gasteiger partial charge in [0.2, 0.25) is 0 Å². The highest BCUT2D eigenvalue weighted by molar-refractivity contribution is 6.32. The predicted octanol–water partition coefficient (Wildman–Crippen LogP) is 9.23. The Bertz CT molecular complexity index is 2710. The summed E-state index contributed by atoms with van der Waals surface area (Å²) in [7, 11) is 0. The van der Waals surface area contributed by atoms with Crippen LogP contribution in [0.25, 0.3) is 82.3 Å². The largest absolute Gasteiger partial charge is 0.309 e. The van der Waals surface area contributed by atoms with Gasteiger partial charge in [-0.25, -0.2) is 4.98 Å². The van der Waals surface area contributed by atoms with Gasteiger partial charge in [0.1, 0.15) is 5.65 Å². The van der Waals surface area contributed by atoms with Crippen LogP contribution in [0.5, 0.6) is 0 Å². The first kappa shape index (κ1) is 22.7. The van der Waals surface area contributed by atoms with Crippen molar-refractivity contribution in [3.05, 3.63) is 140 Å². The fraction of sp³-hybridized carbons (Fsp3) is 0. The first-order valence-corrected chi connectivity index (χ1v) is 14.5. The third-order valence-electron chi connectivity index (χ3n) is 8.96. The molecule has 0 aliphatic carbocycles. The van der Waals surface area contributed by atoms with Crippen molar-refractivity contribution >= 4 is 70.9 Å². The molecule has 200 valence electrons. The third-order valence-corrected chi connectivity index (χ3v) is 8.96. The molecule has 5 aromatic heterocycles. The van der Waals surface area contributed by atoms with Gasteiger partial charge in [-0.3, -0.25) is 9.38 Å². The van der Waals surface area contributed by atoms with E-state index in [-0.39, 0.29) is 0 Å². The molecule has 0 fully saturated rings. The van der Waals surface area contributed by atoms with Gasteiger partial charge < -0.3 is 9.13 Å². The normalized spacial score (nSPS) is 12.2. The van der Waals surface area contributed by atoms with Gasteiger partial charge in [0.15, 0.2) is 0 Å². The van der Waals surface area contributed by atoms with Crippen molar-refractivity contribution in [2.75, 3.05) is 0 Å². The van der Waals surface area contributed by atoms with E-state index in [0.717, 1.165) is 33.3 Å². The van der Waals surface area contributed by atoms with Crippen molar-refractivity contribution in [2.24, 2.45) is 0 Å². The molecule has 0 atom stereocenters. The minimum Gasteiger partial charge on any atom is -0.309 e. The standard InChI is InChI=1S/C38H23N5/c1-3-9-24(10-4-1)42-31-14-8-7-13-26(31)27-15-18-33-34(36(27)42)29-16-17-32-35(37(29)43(33)25-11-5-2-6-12-25)30-23-39-20-19-28(30)38-40-21-22-41(32)38/h1-23H. The summed E-state index contributed by atoms with van der Waals surface area (Å²) in [6.07, 6.45) is 7.80. The van der Waals surface area contributed by atoms with Gasteiger partial charge in [-0.15, -0.1) is 0 Å². The molecule has 5 nitrogen and oxygen atoms in total. The fourth-order valence-corrected chi connectivity index (χ4v) is 7.28. The number of para-hydroxylation sites is 3. The second-order valence-electron chi connectivity index (χ2n) is 11.1. The molecule has 0 amide bonds. The van der Waals surface area contributed by atoms with E-state index >= 15 is 0 Å². The van der Waals surface area contributed by atoms with E-state index in [1.165, 1.54) is 49.0 Å². The maximum absolute atomic E-state index is 4.74. The number of fused-ring (bicyclic) bond motifs is 14. The molecule has 0 aliphatic heterocycles. The van der Waals surface area contributed by atoms with Gasteiger partial charge in [0.05, 0.1) is 27.6 Å². The third kappa shape index (κ3) is 2.90. The lowest BCUT2D eigenvalue weighted by Crippen LogP contribution is -1.97. The number of rotatable bonds is 2.